The SMILES string of the molecule is O=C(Cl)c1ccc(OC2CCOCC2)cc1. The quantitative estimate of drug-likeness (QED) is 0.762. The molecule has 0 aromatic heterocycles. The molecule has 1 heterocycles. The molecule has 0 spiro atoms. The molecule has 0 amide bonds. The molecule has 16 heavy (non-hydrogen) atoms. The molecule has 4 heteroatoms. The Labute approximate surface area is 99.3 Å². The Morgan fingerprint density at radius 2 is 1.88 bits per heavy atom. The van der Waals surface area contributed by atoms with Crippen LogP contribution in [-0.4, -0.2) is 24.6 Å². The normalized spacial score (nSPS) is 17.1. The van der Waals surface area contributed by atoms with E-state index in [9.17, 15) is 4.79 Å². The van der Waals surface area contributed by atoms with Gasteiger partial charge >= 0.3 is 0 Å². The van der Waals surface area contributed by atoms with Crippen LogP contribution in [0.5, 0.6) is 5.75 Å². The fourth-order valence-corrected chi connectivity index (χ4v) is 1.78. The molecule has 2 rings (SSSR count). The lowest BCUT2D eigenvalue weighted by molar-refractivity contribution is 0.0256. The van der Waals surface area contributed by atoms with Crippen molar-refractivity contribution in [3.8, 4) is 5.75 Å². The van der Waals surface area contributed by atoms with Gasteiger partial charge in [-0.15, -0.1) is 0 Å². The predicted octanol–water partition coefficient (Wildman–Crippen LogP) is 2.62. The van der Waals surface area contributed by atoms with Crippen molar-refractivity contribution in [3.63, 3.8) is 0 Å². The average Bonchev–Trinajstić information content (AvgIpc) is 2.31. The number of carbonyl (C=O) groups is 1. The van der Waals surface area contributed by atoms with E-state index in [1.54, 1.807) is 24.3 Å². The van der Waals surface area contributed by atoms with E-state index < -0.39 is 5.24 Å². The monoisotopic (exact) mass is 240 g/mol. The van der Waals surface area contributed by atoms with Gasteiger partial charge in [0.05, 0.1) is 13.2 Å². The van der Waals surface area contributed by atoms with E-state index in [0.29, 0.717) is 5.56 Å². The minimum absolute atomic E-state index is 0.214. The minimum atomic E-state index is -0.447. The van der Waals surface area contributed by atoms with Gasteiger partial charge in [-0.3, -0.25) is 4.79 Å². The van der Waals surface area contributed by atoms with E-state index in [1.807, 2.05) is 0 Å². The van der Waals surface area contributed by atoms with Crippen LogP contribution in [0.3, 0.4) is 0 Å². The molecule has 1 aromatic carbocycles. The molecule has 1 saturated heterocycles. The Balaban J connectivity index is 1.96. The Bertz CT molecular complexity index is 355. The van der Waals surface area contributed by atoms with Crippen molar-refractivity contribution in [2.75, 3.05) is 13.2 Å². The first-order chi connectivity index (χ1) is 7.75. The van der Waals surface area contributed by atoms with Gasteiger partial charge in [0, 0.05) is 18.4 Å². The molecule has 1 aliphatic rings. The molecule has 1 aliphatic heterocycles. The molecule has 0 bridgehead atoms. The van der Waals surface area contributed by atoms with Crippen LogP contribution >= 0.6 is 11.6 Å². The third kappa shape index (κ3) is 2.97. The summed E-state index contributed by atoms with van der Waals surface area (Å²) in [5.74, 6) is 0.772. The summed E-state index contributed by atoms with van der Waals surface area (Å²) < 4.78 is 11.0. The van der Waals surface area contributed by atoms with Gasteiger partial charge in [0.2, 0.25) is 0 Å². The Morgan fingerprint density at radius 1 is 1.25 bits per heavy atom. The van der Waals surface area contributed by atoms with Crippen molar-refractivity contribution >= 4 is 16.8 Å². The molecular weight excluding hydrogens is 228 g/mol. The molecule has 3 nitrogen and oxygen atoms in total. The summed E-state index contributed by atoms with van der Waals surface area (Å²) in [6, 6.07) is 6.88. The van der Waals surface area contributed by atoms with Crippen molar-refractivity contribution in [3.05, 3.63) is 29.8 Å². The van der Waals surface area contributed by atoms with Crippen LogP contribution in [0.25, 0.3) is 0 Å². The highest BCUT2D eigenvalue weighted by atomic mass is 35.5. The van der Waals surface area contributed by atoms with Crippen molar-refractivity contribution in [2.24, 2.45) is 0 Å². The topological polar surface area (TPSA) is 35.5 Å². The number of ether oxygens (including phenoxy) is 2. The highest BCUT2D eigenvalue weighted by Gasteiger charge is 2.15. The summed E-state index contributed by atoms with van der Waals surface area (Å²) in [4.78, 5) is 10.9. The summed E-state index contributed by atoms with van der Waals surface area (Å²) >= 11 is 5.35. The van der Waals surface area contributed by atoms with Gasteiger partial charge in [0.25, 0.3) is 5.24 Å². The highest BCUT2D eigenvalue weighted by molar-refractivity contribution is 6.67. The van der Waals surface area contributed by atoms with Crippen molar-refractivity contribution in [1.82, 2.24) is 0 Å². The maximum absolute atomic E-state index is 10.9. The number of benzene rings is 1. The van der Waals surface area contributed by atoms with E-state index in [2.05, 4.69) is 0 Å². The Morgan fingerprint density at radius 3 is 2.44 bits per heavy atom. The van der Waals surface area contributed by atoms with Crippen molar-refractivity contribution < 1.29 is 14.3 Å². The van der Waals surface area contributed by atoms with Crippen molar-refractivity contribution in [1.29, 1.82) is 0 Å². The lowest BCUT2D eigenvalue weighted by Crippen LogP contribution is -2.25. The third-order valence-electron chi connectivity index (χ3n) is 2.55. The molecule has 1 fully saturated rings. The molecular formula is C12H13ClO3. The largest absolute Gasteiger partial charge is 0.490 e. The second-order valence-corrected chi connectivity index (χ2v) is 4.07. The van der Waals surface area contributed by atoms with Gasteiger partial charge < -0.3 is 9.47 Å². The number of halogens is 1. The van der Waals surface area contributed by atoms with Crippen LogP contribution in [0.1, 0.15) is 23.2 Å². The number of hydrogen-bond donors (Lipinski definition) is 0. The summed E-state index contributed by atoms with van der Waals surface area (Å²) in [5.41, 5.74) is 0.487. The van der Waals surface area contributed by atoms with E-state index >= 15 is 0 Å². The fraction of sp³-hybridized carbons (Fsp3) is 0.417. The van der Waals surface area contributed by atoms with Crippen LogP contribution < -0.4 is 4.74 Å². The lowest BCUT2D eigenvalue weighted by Gasteiger charge is -2.23. The number of hydrogen-bond acceptors (Lipinski definition) is 3. The van der Waals surface area contributed by atoms with E-state index in [1.165, 1.54) is 0 Å². The first-order valence-electron chi connectivity index (χ1n) is 5.30. The molecule has 0 aliphatic carbocycles. The van der Waals surface area contributed by atoms with E-state index in [-0.39, 0.29) is 6.10 Å². The Hall–Kier alpha value is -1.06. The first kappa shape index (κ1) is 11.4. The van der Waals surface area contributed by atoms with Crippen LogP contribution in [-0.2, 0) is 4.74 Å². The van der Waals surface area contributed by atoms with Gasteiger partial charge in [-0.05, 0) is 35.9 Å². The van der Waals surface area contributed by atoms with Gasteiger partial charge in [0.1, 0.15) is 11.9 Å². The Kier molecular flexibility index (Phi) is 3.80. The fourth-order valence-electron chi connectivity index (χ4n) is 1.65. The van der Waals surface area contributed by atoms with Gasteiger partial charge in [0.15, 0.2) is 0 Å². The van der Waals surface area contributed by atoms with Crippen molar-refractivity contribution in [2.45, 2.75) is 18.9 Å². The van der Waals surface area contributed by atoms with Crippen LogP contribution in [0.4, 0.5) is 0 Å². The zero-order valence-corrected chi connectivity index (χ0v) is 9.57. The first-order valence-corrected chi connectivity index (χ1v) is 5.68. The van der Waals surface area contributed by atoms with E-state index in [4.69, 9.17) is 21.1 Å². The lowest BCUT2D eigenvalue weighted by atomic mass is 10.1. The highest BCUT2D eigenvalue weighted by Crippen LogP contribution is 2.19. The van der Waals surface area contributed by atoms with Crippen LogP contribution in [0, 0.1) is 0 Å². The smallest absolute Gasteiger partial charge is 0.252 e. The molecule has 0 N–H and O–H groups in total. The van der Waals surface area contributed by atoms with Crippen LogP contribution in [0.2, 0.25) is 0 Å². The molecule has 0 unspecified atom stereocenters. The zero-order valence-electron chi connectivity index (χ0n) is 8.82. The summed E-state index contributed by atoms with van der Waals surface area (Å²) in [6.07, 6.45) is 2.04. The van der Waals surface area contributed by atoms with Gasteiger partial charge in [-0.2, -0.15) is 0 Å². The maximum atomic E-state index is 10.9. The summed E-state index contributed by atoms with van der Waals surface area (Å²) in [7, 11) is 0. The number of rotatable bonds is 3. The summed E-state index contributed by atoms with van der Waals surface area (Å²) in [6.45, 7) is 1.51. The molecule has 1 aromatic rings. The number of carbonyl (C=O) groups excluding carboxylic acids is 1. The minimum Gasteiger partial charge on any atom is -0.490 e. The molecule has 0 saturated carbocycles. The zero-order chi connectivity index (χ0) is 11.4. The predicted molar refractivity (Wildman–Crippen MR) is 61.1 cm³/mol. The molecule has 0 atom stereocenters. The van der Waals surface area contributed by atoms with Gasteiger partial charge in [-0.1, -0.05) is 0 Å². The molecule has 0 radical (unpaired) electrons. The second-order valence-electron chi connectivity index (χ2n) is 3.73. The summed E-state index contributed by atoms with van der Waals surface area (Å²) in [5, 5.41) is -0.447. The standard InChI is InChI=1S/C12H13ClO3/c13-12(14)9-1-3-10(4-2-9)16-11-5-7-15-8-6-11/h1-4,11H,5-8H2. The van der Waals surface area contributed by atoms with Gasteiger partial charge in [-0.25, -0.2) is 0 Å². The van der Waals surface area contributed by atoms with E-state index in [0.717, 1.165) is 31.8 Å². The second kappa shape index (κ2) is 5.32. The maximum Gasteiger partial charge on any atom is 0.252 e. The third-order valence-corrected chi connectivity index (χ3v) is 2.77. The van der Waals surface area contributed by atoms with Crippen LogP contribution in [0.15, 0.2) is 24.3 Å². The average molecular weight is 241 g/mol. The molecule has 86 valence electrons.